The molecule has 2 aromatic heterocycles. The van der Waals surface area contributed by atoms with Crippen LogP contribution in [0.1, 0.15) is 28.0 Å². The van der Waals surface area contributed by atoms with Gasteiger partial charge < -0.3 is 23.5 Å². The van der Waals surface area contributed by atoms with Gasteiger partial charge in [0.1, 0.15) is 0 Å². The van der Waals surface area contributed by atoms with Crippen LogP contribution in [0.2, 0.25) is 0 Å². The van der Waals surface area contributed by atoms with Crippen LogP contribution < -0.4 is 0 Å². The number of benzene rings is 3. The van der Waals surface area contributed by atoms with E-state index in [0.717, 1.165) is 40.6 Å². The molecule has 7 nitrogen and oxygen atoms in total. The third-order valence-electron chi connectivity index (χ3n) is 7.11. The lowest BCUT2D eigenvalue weighted by Gasteiger charge is -2.17. The van der Waals surface area contributed by atoms with Gasteiger partial charge in [-0.25, -0.2) is 4.98 Å². The van der Waals surface area contributed by atoms with Gasteiger partial charge in [-0.2, -0.15) is 0 Å². The van der Waals surface area contributed by atoms with E-state index in [9.17, 15) is 4.79 Å². The Balaban J connectivity index is 1.34. The zero-order valence-corrected chi connectivity index (χ0v) is 23.2. The molecule has 0 N–H and O–H groups in total. The normalized spacial score (nSPS) is 11.2. The van der Waals surface area contributed by atoms with E-state index >= 15 is 0 Å². The molecule has 0 unspecified atom stereocenters. The van der Waals surface area contributed by atoms with Crippen LogP contribution in [0.5, 0.6) is 0 Å². The molecular formula is C33H36N4O3. The van der Waals surface area contributed by atoms with Gasteiger partial charge in [0, 0.05) is 58.0 Å². The Morgan fingerprint density at radius 1 is 0.925 bits per heavy atom. The average molecular weight is 537 g/mol. The van der Waals surface area contributed by atoms with Crippen LogP contribution in [0, 0.1) is 0 Å². The third-order valence-corrected chi connectivity index (χ3v) is 7.11. The lowest BCUT2D eigenvalue weighted by atomic mass is 9.97. The van der Waals surface area contributed by atoms with E-state index in [1.165, 1.54) is 5.56 Å². The van der Waals surface area contributed by atoms with Gasteiger partial charge >= 0.3 is 0 Å². The summed E-state index contributed by atoms with van der Waals surface area (Å²) in [6, 6.07) is 24.7. The van der Waals surface area contributed by atoms with Gasteiger partial charge in [-0.05, 0) is 28.3 Å². The number of hydrogen-bond donors (Lipinski definition) is 0. The van der Waals surface area contributed by atoms with E-state index in [4.69, 9.17) is 9.47 Å². The summed E-state index contributed by atoms with van der Waals surface area (Å²) < 4.78 is 15.3. The largest absolute Gasteiger partial charge is 0.383 e. The van der Waals surface area contributed by atoms with E-state index in [1.807, 2.05) is 62.2 Å². The molecule has 0 saturated heterocycles. The van der Waals surface area contributed by atoms with Crippen LogP contribution in [0.15, 0.2) is 97.7 Å². The topological polar surface area (TPSA) is 61.5 Å². The van der Waals surface area contributed by atoms with Crippen molar-refractivity contribution >= 4 is 16.7 Å². The maximum absolute atomic E-state index is 13.6. The van der Waals surface area contributed by atoms with Crippen LogP contribution in [0.3, 0.4) is 0 Å². The second-order valence-corrected chi connectivity index (χ2v) is 9.97. The molecule has 5 rings (SSSR count). The van der Waals surface area contributed by atoms with Crippen molar-refractivity contribution in [3.63, 3.8) is 0 Å². The fourth-order valence-corrected chi connectivity index (χ4v) is 4.95. The molecule has 3 aromatic carbocycles. The zero-order valence-electron chi connectivity index (χ0n) is 23.2. The smallest absolute Gasteiger partial charge is 0.255 e. The van der Waals surface area contributed by atoms with Gasteiger partial charge in [0.05, 0.1) is 37.3 Å². The van der Waals surface area contributed by atoms with E-state index in [-0.39, 0.29) is 5.91 Å². The van der Waals surface area contributed by atoms with Gasteiger partial charge in [0.25, 0.3) is 5.91 Å². The fourth-order valence-electron chi connectivity index (χ4n) is 4.95. The average Bonchev–Trinajstić information content (AvgIpc) is 3.62. The highest BCUT2D eigenvalue weighted by Crippen LogP contribution is 2.32. The number of fused-ring (bicyclic) bond motifs is 1. The van der Waals surface area contributed by atoms with Crippen molar-refractivity contribution < 1.29 is 14.3 Å². The fraction of sp³-hybridized carbons (Fsp3) is 0.273. The molecule has 0 fully saturated rings. The number of methoxy groups -OCH3 is 1. The lowest BCUT2D eigenvalue weighted by molar-refractivity contribution is 0.0745. The van der Waals surface area contributed by atoms with Crippen molar-refractivity contribution in [2.45, 2.75) is 26.1 Å². The van der Waals surface area contributed by atoms with Crippen LogP contribution in [-0.2, 0) is 29.2 Å². The minimum absolute atomic E-state index is 0.0252. The number of likely N-dealkylation sites (N-methyl/N-ethyl adjacent to an activating group) is 1. The number of carbonyl (C=O) groups is 1. The van der Waals surface area contributed by atoms with Crippen LogP contribution in [-0.4, -0.2) is 58.8 Å². The number of aryl methyl sites for hydroxylation is 1. The van der Waals surface area contributed by atoms with E-state index in [0.29, 0.717) is 38.5 Å². The van der Waals surface area contributed by atoms with Gasteiger partial charge in [-0.15, -0.1) is 0 Å². The number of aromatic nitrogens is 3. The third kappa shape index (κ3) is 6.50. The Hall–Kier alpha value is -4.20. The van der Waals surface area contributed by atoms with Gasteiger partial charge in [-0.3, -0.25) is 4.79 Å². The van der Waals surface area contributed by atoms with Gasteiger partial charge in [0.2, 0.25) is 0 Å². The van der Waals surface area contributed by atoms with Crippen molar-refractivity contribution in [3.05, 3.63) is 115 Å². The molecule has 1 amide bonds. The monoisotopic (exact) mass is 536 g/mol. The number of carbonyl (C=O) groups excluding carboxylic acids is 1. The summed E-state index contributed by atoms with van der Waals surface area (Å²) >= 11 is 0. The summed E-state index contributed by atoms with van der Waals surface area (Å²) in [5, 5.41) is 2.27. The van der Waals surface area contributed by atoms with Crippen molar-refractivity contribution in [2.75, 3.05) is 33.9 Å². The summed E-state index contributed by atoms with van der Waals surface area (Å²) in [7, 11) is 3.47. The quantitative estimate of drug-likeness (QED) is 0.176. The molecule has 0 bridgehead atoms. The summed E-state index contributed by atoms with van der Waals surface area (Å²) in [6.07, 6.45) is 8.69. The number of ether oxygens (including phenoxy) is 2. The Kier molecular flexibility index (Phi) is 9.06. The van der Waals surface area contributed by atoms with E-state index in [1.54, 1.807) is 12.0 Å². The van der Waals surface area contributed by atoms with Crippen molar-refractivity contribution in [1.82, 2.24) is 19.0 Å². The number of nitrogens with zero attached hydrogens (tertiary/aromatic N) is 4. The zero-order chi connectivity index (χ0) is 27.7. The van der Waals surface area contributed by atoms with Crippen molar-refractivity contribution in [3.8, 4) is 11.1 Å². The Morgan fingerprint density at radius 2 is 1.73 bits per heavy atom. The van der Waals surface area contributed by atoms with Crippen molar-refractivity contribution in [2.24, 2.45) is 0 Å². The Bertz CT molecular complexity index is 1530. The predicted molar refractivity (Wildman–Crippen MR) is 158 cm³/mol. The number of hydrogen-bond acceptors (Lipinski definition) is 4. The molecule has 2 heterocycles. The second-order valence-electron chi connectivity index (χ2n) is 9.97. The summed E-state index contributed by atoms with van der Waals surface area (Å²) in [5.74, 6) is -0.0252. The Morgan fingerprint density at radius 3 is 2.58 bits per heavy atom. The molecule has 0 aliphatic heterocycles. The summed E-state index contributed by atoms with van der Waals surface area (Å²) in [4.78, 5) is 19.7. The van der Waals surface area contributed by atoms with Gasteiger partial charge in [-0.1, -0.05) is 72.8 Å². The summed E-state index contributed by atoms with van der Waals surface area (Å²) in [6.45, 7) is 3.72. The van der Waals surface area contributed by atoms with Crippen molar-refractivity contribution in [1.29, 1.82) is 0 Å². The molecule has 0 saturated carbocycles. The maximum Gasteiger partial charge on any atom is 0.255 e. The number of imidazole rings is 1. The summed E-state index contributed by atoms with van der Waals surface area (Å²) in [5.41, 5.74) is 4.90. The molecule has 5 aromatic rings. The molecule has 0 spiro atoms. The second kappa shape index (κ2) is 13.2. The first kappa shape index (κ1) is 27.4. The van der Waals surface area contributed by atoms with Crippen LogP contribution in [0.4, 0.5) is 0 Å². The predicted octanol–water partition coefficient (Wildman–Crippen LogP) is 5.88. The SMILES string of the molecule is COCCN(C)C(=O)c1cn(Cc2cncn2CCCOCc2ccccc2)cc1-c1cccc2ccccc12. The van der Waals surface area contributed by atoms with Gasteiger partial charge in [0.15, 0.2) is 0 Å². The lowest BCUT2D eigenvalue weighted by Crippen LogP contribution is -2.30. The minimum Gasteiger partial charge on any atom is -0.383 e. The van der Waals surface area contributed by atoms with E-state index in [2.05, 4.69) is 56.7 Å². The standard InChI is InChI=1S/C33H36N4O3/c1-35(17-19-39-2)33(38)32-23-36(22-31(32)30-15-8-13-27-12-6-7-14-29(27)30)21-28-20-34-25-37(28)16-9-18-40-24-26-10-4-3-5-11-26/h3-8,10-15,20,22-23,25H,9,16-19,21,24H2,1-2H3. The van der Waals surface area contributed by atoms with E-state index < -0.39 is 0 Å². The molecular weight excluding hydrogens is 500 g/mol. The first-order valence-corrected chi connectivity index (χ1v) is 13.7. The highest BCUT2D eigenvalue weighted by atomic mass is 16.5. The molecule has 206 valence electrons. The molecule has 0 atom stereocenters. The molecule has 7 heteroatoms. The molecule has 0 aliphatic rings. The molecule has 40 heavy (non-hydrogen) atoms. The maximum atomic E-state index is 13.6. The molecule has 0 radical (unpaired) electrons. The van der Waals surface area contributed by atoms with Crippen LogP contribution >= 0.6 is 0 Å². The Labute approximate surface area is 235 Å². The highest BCUT2D eigenvalue weighted by molar-refractivity contribution is 6.05. The first-order chi connectivity index (χ1) is 19.6. The first-order valence-electron chi connectivity index (χ1n) is 13.7. The number of rotatable bonds is 13. The molecule has 0 aliphatic carbocycles. The minimum atomic E-state index is -0.0252. The number of amides is 1. The van der Waals surface area contributed by atoms with Crippen LogP contribution in [0.25, 0.3) is 21.9 Å². The highest BCUT2D eigenvalue weighted by Gasteiger charge is 2.21.